The van der Waals surface area contributed by atoms with Crippen LogP contribution in [0.5, 0.6) is 0 Å². The van der Waals surface area contributed by atoms with Crippen LogP contribution in [0.25, 0.3) is 78.4 Å². The molecule has 0 amide bonds. The van der Waals surface area contributed by atoms with Crippen molar-refractivity contribution >= 4 is 21.9 Å². The van der Waals surface area contributed by atoms with E-state index in [1.54, 1.807) is 0 Å². The fourth-order valence-electron chi connectivity index (χ4n) is 6.85. The van der Waals surface area contributed by atoms with Crippen molar-refractivity contribution in [2.45, 2.75) is 13.3 Å². The zero-order chi connectivity index (χ0) is 34.1. The first kappa shape index (κ1) is 30.4. The fraction of sp³-hybridized carbons (Fsp3) is 0.0426. The fourth-order valence-corrected chi connectivity index (χ4v) is 6.85. The normalized spacial score (nSPS) is 11.3. The predicted molar refractivity (Wildman–Crippen MR) is 208 cm³/mol. The van der Waals surface area contributed by atoms with E-state index in [1.165, 1.54) is 33.4 Å². The van der Waals surface area contributed by atoms with Gasteiger partial charge in [-0.3, -0.25) is 0 Å². The van der Waals surface area contributed by atoms with Crippen LogP contribution < -0.4 is 0 Å². The molecule has 9 rings (SSSR count). The van der Waals surface area contributed by atoms with Crippen molar-refractivity contribution < 1.29 is 4.42 Å². The van der Waals surface area contributed by atoms with E-state index in [0.717, 1.165) is 50.6 Å². The van der Waals surface area contributed by atoms with Crippen LogP contribution in [-0.2, 0) is 6.42 Å². The number of hydrogen-bond donors (Lipinski definition) is 0. The molecule has 0 bridgehead atoms. The van der Waals surface area contributed by atoms with Gasteiger partial charge in [-0.1, -0.05) is 146 Å². The van der Waals surface area contributed by atoms with Crippen LogP contribution in [0.4, 0.5) is 0 Å². The van der Waals surface area contributed by atoms with Gasteiger partial charge in [0.2, 0.25) is 0 Å². The molecule has 9 aromatic rings. The third-order valence-electron chi connectivity index (χ3n) is 9.40. The maximum Gasteiger partial charge on any atom is 0.164 e. The highest BCUT2D eigenvalue weighted by Crippen LogP contribution is 2.35. The first-order valence-corrected chi connectivity index (χ1v) is 17.2. The summed E-state index contributed by atoms with van der Waals surface area (Å²) in [6, 6.07) is 59.0. The molecule has 2 aromatic heterocycles. The van der Waals surface area contributed by atoms with E-state index in [1.807, 2.05) is 72.8 Å². The Labute approximate surface area is 296 Å². The summed E-state index contributed by atoms with van der Waals surface area (Å²) in [4.78, 5) is 14.7. The number of benzene rings is 7. The van der Waals surface area contributed by atoms with Crippen molar-refractivity contribution in [2.24, 2.45) is 0 Å². The molecule has 0 unspecified atom stereocenters. The van der Waals surface area contributed by atoms with Crippen molar-refractivity contribution in [2.75, 3.05) is 0 Å². The van der Waals surface area contributed by atoms with Crippen molar-refractivity contribution in [1.29, 1.82) is 0 Å². The Bertz CT molecular complexity index is 2590. The minimum absolute atomic E-state index is 0.625. The van der Waals surface area contributed by atoms with Gasteiger partial charge in [0.25, 0.3) is 0 Å². The lowest BCUT2D eigenvalue weighted by molar-refractivity contribution is 0.664. The van der Waals surface area contributed by atoms with Crippen LogP contribution in [0.1, 0.15) is 16.7 Å². The second-order valence-corrected chi connectivity index (χ2v) is 13.0. The summed E-state index contributed by atoms with van der Waals surface area (Å²) >= 11 is 0. The SMILES string of the molecule is Cc1cc(-c2ccccc2)cc(-c2ccc(Cc3cccc4c3oc3ccc(-c5nc(-c6ccccc6)nc(-c6ccccc6)n5)cc34)cc2)c1. The molecular formula is C47H33N3O. The summed E-state index contributed by atoms with van der Waals surface area (Å²) in [6.07, 6.45) is 0.766. The molecular weight excluding hydrogens is 623 g/mol. The topological polar surface area (TPSA) is 51.8 Å². The van der Waals surface area contributed by atoms with Gasteiger partial charge in [0, 0.05) is 33.9 Å². The van der Waals surface area contributed by atoms with Crippen LogP contribution in [0.3, 0.4) is 0 Å². The summed E-state index contributed by atoms with van der Waals surface area (Å²) in [6.45, 7) is 2.16. The van der Waals surface area contributed by atoms with Gasteiger partial charge in [-0.15, -0.1) is 0 Å². The molecule has 4 heteroatoms. The molecule has 0 aliphatic rings. The summed E-state index contributed by atoms with van der Waals surface area (Å²) in [5, 5.41) is 2.12. The number of aryl methyl sites for hydroxylation is 1. The van der Waals surface area contributed by atoms with E-state index in [0.29, 0.717) is 17.5 Å². The summed E-state index contributed by atoms with van der Waals surface area (Å²) in [5.41, 5.74) is 13.1. The van der Waals surface area contributed by atoms with E-state index in [2.05, 4.69) is 104 Å². The van der Waals surface area contributed by atoms with Gasteiger partial charge in [0.15, 0.2) is 17.5 Å². The van der Waals surface area contributed by atoms with Crippen molar-refractivity contribution in [3.63, 3.8) is 0 Å². The average molecular weight is 656 g/mol. The number of furan rings is 1. The summed E-state index contributed by atoms with van der Waals surface area (Å²) in [7, 11) is 0. The number of para-hydroxylation sites is 1. The van der Waals surface area contributed by atoms with Gasteiger partial charge < -0.3 is 4.42 Å². The van der Waals surface area contributed by atoms with Crippen LogP contribution in [0.15, 0.2) is 174 Å². The number of rotatable bonds is 7. The average Bonchev–Trinajstić information content (AvgIpc) is 3.58. The molecule has 51 heavy (non-hydrogen) atoms. The highest BCUT2D eigenvalue weighted by Gasteiger charge is 2.16. The van der Waals surface area contributed by atoms with E-state index in [9.17, 15) is 0 Å². The van der Waals surface area contributed by atoms with E-state index in [-0.39, 0.29) is 0 Å². The molecule has 4 nitrogen and oxygen atoms in total. The molecule has 0 aliphatic heterocycles. The largest absolute Gasteiger partial charge is 0.456 e. The van der Waals surface area contributed by atoms with Gasteiger partial charge >= 0.3 is 0 Å². The lowest BCUT2D eigenvalue weighted by atomic mass is 9.95. The second-order valence-electron chi connectivity index (χ2n) is 13.0. The van der Waals surface area contributed by atoms with Gasteiger partial charge in [-0.2, -0.15) is 0 Å². The summed E-state index contributed by atoms with van der Waals surface area (Å²) in [5.74, 6) is 1.91. The van der Waals surface area contributed by atoms with E-state index in [4.69, 9.17) is 19.4 Å². The molecule has 0 N–H and O–H groups in total. The molecule has 0 saturated heterocycles. The minimum Gasteiger partial charge on any atom is -0.456 e. The Kier molecular flexibility index (Phi) is 7.75. The first-order chi connectivity index (χ1) is 25.1. The molecule has 0 aliphatic carbocycles. The monoisotopic (exact) mass is 655 g/mol. The third-order valence-corrected chi connectivity index (χ3v) is 9.40. The highest BCUT2D eigenvalue weighted by molar-refractivity contribution is 6.07. The van der Waals surface area contributed by atoms with E-state index >= 15 is 0 Å². The van der Waals surface area contributed by atoms with Gasteiger partial charge in [-0.25, -0.2) is 15.0 Å². The Morgan fingerprint density at radius 1 is 0.412 bits per heavy atom. The first-order valence-electron chi connectivity index (χ1n) is 17.2. The zero-order valence-electron chi connectivity index (χ0n) is 28.1. The van der Waals surface area contributed by atoms with Crippen LogP contribution in [0, 0.1) is 6.92 Å². The molecule has 242 valence electrons. The molecule has 0 atom stereocenters. The smallest absolute Gasteiger partial charge is 0.164 e. The van der Waals surface area contributed by atoms with Crippen molar-refractivity contribution in [3.05, 3.63) is 187 Å². The van der Waals surface area contributed by atoms with Gasteiger partial charge in [0.1, 0.15) is 11.2 Å². The Hall–Kier alpha value is -6.65. The molecule has 0 radical (unpaired) electrons. The molecule has 0 spiro atoms. The van der Waals surface area contributed by atoms with E-state index < -0.39 is 0 Å². The van der Waals surface area contributed by atoms with Crippen LogP contribution in [0.2, 0.25) is 0 Å². The Morgan fingerprint density at radius 2 is 0.941 bits per heavy atom. The van der Waals surface area contributed by atoms with Gasteiger partial charge in [0.05, 0.1) is 0 Å². The van der Waals surface area contributed by atoms with Crippen LogP contribution in [-0.4, -0.2) is 15.0 Å². The number of hydrogen-bond acceptors (Lipinski definition) is 4. The Balaban J connectivity index is 1.05. The number of nitrogens with zero attached hydrogens (tertiary/aromatic N) is 3. The van der Waals surface area contributed by atoms with Crippen LogP contribution >= 0.6 is 0 Å². The predicted octanol–water partition coefficient (Wildman–Crippen LogP) is 12.0. The summed E-state index contributed by atoms with van der Waals surface area (Å²) < 4.78 is 6.54. The Morgan fingerprint density at radius 3 is 1.55 bits per heavy atom. The van der Waals surface area contributed by atoms with Crippen molar-refractivity contribution in [1.82, 2.24) is 15.0 Å². The standard InChI is InChI=1S/C47H33N3O/c1-31-26-39(33-12-5-2-6-13-33)29-40(27-31)34-22-20-32(21-23-34)28-37-18-11-19-41-42-30-38(24-25-43(42)51-44(37)41)47-49-45(35-14-7-3-8-15-35)48-46(50-47)36-16-9-4-10-17-36/h2-27,29-30H,28H2,1H3. The quantitative estimate of drug-likeness (QED) is 0.171. The highest BCUT2D eigenvalue weighted by atomic mass is 16.3. The third kappa shape index (κ3) is 6.09. The maximum atomic E-state index is 6.54. The maximum absolute atomic E-state index is 6.54. The minimum atomic E-state index is 0.625. The zero-order valence-corrected chi connectivity index (χ0v) is 28.1. The lowest BCUT2D eigenvalue weighted by Crippen LogP contribution is -2.00. The van der Waals surface area contributed by atoms with Crippen molar-refractivity contribution in [3.8, 4) is 56.4 Å². The molecule has 0 saturated carbocycles. The second kappa shape index (κ2) is 13.0. The van der Waals surface area contributed by atoms with Gasteiger partial charge in [-0.05, 0) is 70.1 Å². The molecule has 2 heterocycles. The molecule has 0 fully saturated rings. The molecule has 7 aromatic carbocycles. The lowest BCUT2D eigenvalue weighted by Gasteiger charge is -2.10. The number of fused-ring (bicyclic) bond motifs is 3. The number of aromatic nitrogens is 3.